The van der Waals surface area contributed by atoms with Crippen molar-refractivity contribution in [2.75, 3.05) is 6.61 Å². The number of ketones is 1. The first-order valence-corrected chi connectivity index (χ1v) is 5.94. The van der Waals surface area contributed by atoms with Crippen molar-refractivity contribution >= 4 is 40.6 Å². The molecule has 0 saturated heterocycles. The lowest BCUT2D eigenvalue weighted by Crippen LogP contribution is -2.19. The minimum atomic E-state index is -1.04. The number of nitro benzene ring substituents is 1. The number of carbonyl (C=O) groups excluding carboxylic acids is 2. The van der Waals surface area contributed by atoms with Crippen LogP contribution in [0.15, 0.2) is 12.1 Å². The van der Waals surface area contributed by atoms with E-state index in [1.54, 1.807) is 6.92 Å². The first-order valence-electron chi connectivity index (χ1n) is 5.19. The molecule has 0 saturated carbocycles. The van der Waals surface area contributed by atoms with Crippen LogP contribution < -0.4 is 0 Å². The first-order chi connectivity index (χ1) is 8.86. The molecule has 0 spiro atoms. The molecule has 0 radical (unpaired) electrons. The Bertz CT molecular complexity index is 544. The maximum atomic E-state index is 11.5. The Balaban J connectivity index is 3.06. The van der Waals surface area contributed by atoms with E-state index >= 15 is 0 Å². The van der Waals surface area contributed by atoms with Crippen LogP contribution in [0.1, 0.15) is 12.5 Å². The minimum absolute atomic E-state index is 0.000648. The Kier molecular flexibility index (Phi) is 5.26. The highest BCUT2D eigenvalue weighted by Crippen LogP contribution is 2.30. The summed E-state index contributed by atoms with van der Waals surface area (Å²) in [6, 6.07) is 2.23. The average Bonchev–Trinajstić information content (AvgIpc) is 2.33. The highest BCUT2D eigenvalue weighted by Gasteiger charge is 2.23. The zero-order valence-corrected chi connectivity index (χ0v) is 11.3. The molecule has 8 heteroatoms. The Morgan fingerprint density at radius 2 is 1.89 bits per heavy atom. The molecule has 0 aromatic heterocycles. The van der Waals surface area contributed by atoms with Crippen molar-refractivity contribution in [3.8, 4) is 0 Å². The van der Waals surface area contributed by atoms with E-state index in [-0.39, 0.29) is 27.9 Å². The van der Waals surface area contributed by atoms with Gasteiger partial charge in [-0.15, -0.1) is 0 Å². The molecule has 1 aromatic carbocycles. The zero-order valence-electron chi connectivity index (χ0n) is 9.81. The summed E-state index contributed by atoms with van der Waals surface area (Å²) in [5, 5.41) is 10.9. The van der Waals surface area contributed by atoms with Crippen molar-refractivity contribution in [2.24, 2.45) is 0 Å². The molecule has 0 heterocycles. The van der Waals surface area contributed by atoms with Crippen LogP contribution in [-0.2, 0) is 20.7 Å². The summed E-state index contributed by atoms with van der Waals surface area (Å²) in [6.45, 7) is 1.60. The maximum absolute atomic E-state index is 11.5. The lowest BCUT2D eigenvalue weighted by molar-refractivity contribution is -0.385. The fraction of sp³-hybridized carbons (Fsp3) is 0.273. The molecule has 0 aliphatic carbocycles. The molecule has 0 N–H and O–H groups in total. The third kappa shape index (κ3) is 3.90. The van der Waals surface area contributed by atoms with E-state index in [2.05, 4.69) is 4.74 Å². The van der Waals surface area contributed by atoms with Crippen molar-refractivity contribution in [2.45, 2.75) is 13.3 Å². The number of esters is 1. The molecule has 1 aromatic rings. The molecule has 102 valence electrons. The highest BCUT2D eigenvalue weighted by atomic mass is 35.5. The van der Waals surface area contributed by atoms with E-state index in [1.807, 2.05) is 0 Å². The number of ether oxygens (including phenoxy) is 1. The molecule has 0 unspecified atom stereocenters. The number of nitro groups is 1. The molecule has 0 fully saturated rings. The van der Waals surface area contributed by atoms with E-state index < -0.39 is 23.1 Å². The molecule has 1 rings (SSSR count). The van der Waals surface area contributed by atoms with E-state index in [1.165, 1.54) is 6.07 Å². The summed E-state index contributed by atoms with van der Waals surface area (Å²) in [4.78, 5) is 32.8. The molecular weight excluding hydrogens is 297 g/mol. The summed E-state index contributed by atoms with van der Waals surface area (Å²) in [5.41, 5.74) is -0.357. The molecule has 0 amide bonds. The Labute approximate surface area is 118 Å². The number of hydrogen-bond donors (Lipinski definition) is 0. The normalized spacial score (nSPS) is 10.1. The smallest absolute Gasteiger partial charge is 0.374 e. The van der Waals surface area contributed by atoms with Gasteiger partial charge in [-0.05, 0) is 13.0 Å². The monoisotopic (exact) mass is 305 g/mol. The predicted octanol–water partition coefficient (Wildman–Crippen LogP) is 2.58. The van der Waals surface area contributed by atoms with Crippen LogP contribution in [0.4, 0.5) is 5.69 Å². The Morgan fingerprint density at radius 3 is 2.42 bits per heavy atom. The largest absolute Gasteiger partial charge is 0.460 e. The first kappa shape index (κ1) is 15.4. The highest BCUT2D eigenvalue weighted by molar-refractivity contribution is 6.42. The summed E-state index contributed by atoms with van der Waals surface area (Å²) >= 11 is 11.4. The van der Waals surface area contributed by atoms with Gasteiger partial charge >= 0.3 is 5.97 Å². The number of carbonyl (C=O) groups is 2. The number of Topliss-reactive ketones (excluding diaryl/α,β-unsaturated/α-hetero) is 1. The van der Waals surface area contributed by atoms with Crippen molar-refractivity contribution in [3.05, 3.63) is 37.9 Å². The lowest BCUT2D eigenvalue weighted by Gasteiger charge is -2.04. The number of rotatable bonds is 5. The average molecular weight is 306 g/mol. The molecule has 0 atom stereocenters. The zero-order chi connectivity index (χ0) is 14.6. The van der Waals surface area contributed by atoms with Gasteiger partial charge in [0, 0.05) is 18.1 Å². The van der Waals surface area contributed by atoms with Crippen LogP contribution in [0, 0.1) is 10.1 Å². The van der Waals surface area contributed by atoms with E-state index in [0.717, 1.165) is 6.07 Å². The van der Waals surface area contributed by atoms with E-state index in [9.17, 15) is 19.7 Å². The predicted molar refractivity (Wildman–Crippen MR) is 68.5 cm³/mol. The Hall–Kier alpha value is -1.66. The third-order valence-corrected chi connectivity index (χ3v) is 2.89. The van der Waals surface area contributed by atoms with Gasteiger partial charge in [0.1, 0.15) is 0 Å². The van der Waals surface area contributed by atoms with E-state index in [0.29, 0.717) is 0 Å². The van der Waals surface area contributed by atoms with Crippen molar-refractivity contribution in [1.29, 1.82) is 0 Å². The van der Waals surface area contributed by atoms with Gasteiger partial charge in [0.2, 0.25) is 5.78 Å². The SMILES string of the molecule is CCOC(=O)C(=O)Cc1cc(Cl)c(Cl)cc1[N+](=O)[O-]. The van der Waals surface area contributed by atoms with Crippen LogP contribution in [0.25, 0.3) is 0 Å². The van der Waals surface area contributed by atoms with Crippen LogP contribution in [-0.4, -0.2) is 23.3 Å². The maximum Gasteiger partial charge on any atom is 0.374 e. The fourth-order valence-electron chi connectivity index (χ4n) is 1.35. The summed E-state index contributed by atoms with van der Waals surface area (Å²) in [7, 11) is 0. The second-order valence-corrected chi connectivity index (χ2v) is 4.29. The molecule has 0 aliphatic heterocycles. The number of halogens is 2. The number of hydrogen-bond acceptors (Lipinski definition) is 5. The standard InChI is InChI=1S/C11H9Cl2NO5/c1-2-19-11(16)10(15)4-6-3-7(12)8(13)5-9(6)14(17)18/h3,5H,2,4H2,1H3. The summed E-state index contributed by atoms with van der Waals surface area (Å²) < 4.78 is 4.51. The molecule has 0 bridgehead atoms. The van der Waals surface area contributed by atoms with Gasteiger partial charge < -0.3 is 4.74 Å². The third-order valence-electron chi connectivity index (χ3n) is 2.17. The lowest BCUT2D eigenvalue weighted by atomic mass is 10.1. The van der Waals surface area contributed by atoms with Gasteiger partial charge in [-0.3, -0.25) is 14.9 Å². The second-order valence-electron chi connectivity index (χ2n) is 3.47. The fourth-order valence-corrected chi connectivity index (χ4v) is 1.69. The van der Waals surface area contributed by atoms with Gasteiger partial charge in [-0.1, -0.05) is 23.2 Å². The summed E-state index contributed by atoms with van der Waals surface area (Å²) in [6.07, 6.45) is -0.466. The summed E-state index contributed by atoms with van der Waals surface area (Å²) in [5.74, 6) is -1.92. The minimum Gasteiger partial charge on any atom is -0.460 e. The van der Waals surface area contributed by atoms with Gasteiger partial charge in [-0.2, -0.15) is 0 Å². The van der Waals surface area contributed by atoms with Crippen molar-refractivity contribution in [3.63, 3.8) is 0 Å². The van der Waals surface area contributed by atoms with Gasteiger partial charge in [0.25, 0.3) is 5.69 Å². The Morgan fingerprint density at radius 1 is 1.32 bits per heavy atom. The van der Waals surface area contributed by atoms with Crippen LogP contribution in [0.5, 0.6) is 0 Å². The molecule has 19 heavy (non-hydrogen) atoms. The van der Waals surface area contributed by atoms with Crippen LogP contribution in [0.3, 0.4) is 0 Å². The molecule has 0 aliphatic rings. The van der Waals surface area contributed by atoms with Gasteiger partial charge in [0.05, 0.1) is 21.6 Å². The van der Waals surface area contributed by atoms with Gasteiger partial charge in [-0.25, -0.2) is 4.79 Å². The number of benzene rings is 1. The van der Waals surface area contributed by atoms with Crippen molar-refractivity contribution < 1.29 is 19.2 Å². The molecule has 6 nitrogen and oxygen atoms in total. The quantitative estimate of drug-likeness (QED) is 0.361. The second kappa shape index (κ2) is 6.49. The van der Waals surface area contributed by atoms with Crippen LogP contribution in [0.2, 0.25) is 10.0 Å². The molecular formula is C11H9Cl2NO5. The van der Waals surface area contributed by atoms with Crippen LogP contribution >= 0.6 is 23.2 Å². The van der Waals surface area contributed by atoms with Gasteiger partial charge in [0.15, 0.2) is 0 Å². The number of nitrogens with zero attached hydrogens (tertiary/aromatic N) is 1. The topological polar surface area (TPSA) is 86.5 Å². The van der Waals surface area contributed by atoms with Crippen molar-refractivity contribution in [1.82, 2.24) is 0 Å². The van der Waals surface area contributed by atoms with E-state index in [4.69, 9.17) is 23.2 Å².